The zero-order valence-electron chi connectivity index (χ0n) is 12.0. The van der Waals surface area contributed by atoms with Crippen molar-refractivity contribution < 1.29 is 9.31 Å². The summed E-state index contributed by atoms with van der Waals surface area (Å²) in [6.45, 7) is 3.55. The standard InChI is InChI=1S/C16H17FN2O2/c1-10-7-13(9-16(11(10)2)19(20)21)15(18)8-12-3-5-14(17)6-4-12/h3-7,9,15H,8,18H2,1-2H3. The predicted octanol–water partition coefficient (Wildman–Crippen LogP) is 3.59. The smallest absolute Gasteiger partial charge is 0.272 e. The van der Waals surface area contributed by atoms with Gasteiger partial charge in [0.2, 0.25) is 0 Å². The van der Waals surface area contributed by atoms with Gasteiger partial charge in [-0.15, -0.1) is 0 Å². The van der Waals surface area contributed by atoms with E-state index in [-0.39, 0.29) is 17.5 Å². The van der Waals surface area contributed by atoms with Crippen molar-refractivity contribution in [1.82, 2.24) is 0 Å². The third kappa shape index (κ3) is 3.44. The van der Waals surface area contributed by atoms with Crippen LogP contribution in [0.25, 0.3) is 0 Å². The second-order valence-electron chi connectivity index (χ2n) is 5.18. The van der Waals surface area contributed by atoms with Crippen LogP contribution in [-0.2, 0) is 6.42 Å². The monoisotopic (exact) mass is 288 g/mol. The molecule has 0 radical (unpaired) electrons. The highest BCUT2D eigenvalue weighted by Gasteiger charge is 2.17. The topological polar surface area (TPSA) is 69.2 Å². The summed E-state index contributed by atoms with van der Waals surface area (Å²) in [4.78, 5) is 10.7. The molecule has 0 fully saturated rings. The van der Waals surface area contributed by atoms with Crippen molar-refractivity contribution in [3.8, 4) is 0 Å². The normalized spacial score (nSPS) is 12.2. The van der Waals surface area contributed by atoms with Gasteiger partial charge in [-0.2, -0.15) is 0 Å². The first kappa shape index (κ1) is 15.1. The third-order valence-corrected chi connectivity index (χ3v) is 3.66. The van der Waals surface area contributed by atoms with Crippen LogP contribution in [0.5, 0.6) is 0 Å². The fraction of sp³-hybridized carbons (Fsp3) is 0.250. The van der Waals surface area contributed by atoms with E-state index in [0.29, 0.717) is 17.5 Å². The fourth-order valence-corrected chi connectivity index (χ4v) is 2.26. The van der Waals surface area contributed by atoms with E-state index in [1.807, 2.05) is 13.0 Å². The van der Waals surface area contributed by atoms with Crippen LogP contribution < -0.4 is 5.73 Å². The summed E-state index contributed by atoms with van der Waals surface area (Å²) in [5, 5.41) is 11.1. The van der Waals surface area contributed by atoms with Crippen molar-refractivity contribution in [3.05, 3.63) is 74.6 Å². The maximum absolute atomic E-state index is 12.9. The van der Waals surface area contributed by atoms with Crippen molar-refractivity contribution in [2.75, 3.05) is 0 Å². The first-order valence-corrected chi connectivity index (χ1v) is 6.64. The van der Waals surface area contributed by atoms with Crippen molar-refractivity contribution in [1.29, 1.82) is 0 Å². The number of nitrogens with zero attached hydrogens (tertiary/aromatic N) is 1. The SMILES string of the molecule is Cc1cc(C(N)Cc2ccc(F)cc2)cc([N+](=O)[O-])c1C. The minimum absolute atomic E-state index is 0.0829. The third-order valence-electron chi connectivity index (χ3n) is 3.66. The van der Waals surface area contributed by atoms with Gasteiger partial charge in [0.15, 0.2) is 0 Å². The van der Waals surface area contributed by atoms with E-state index in [1.54, 1.807) is 19.1 Å². The Morgan fingerprint density at radius 2 is 1.86 bits per heavy atom. The predicted molar refractivity (Wildman–Crippen MR) is 79.6 cm³/mol. The molecular weight excluding hydrogens is 271 g/mol. The lowest BCUT2D eigenvalue weighted by Crippen LogP contribution is -2.14. The van der Waals surface area contributed by atoms with E-state index in [1.165, 1.54) is 18.2 Å². The molecule has 0 aromatic heterocycles. The number of nitro groups is 1. The van der Waals surface area contributed by atoms with Crippen LogP contribution >= 0.6 is 0 Å². The molecule has 0 amide bonds. The average molecular weight is 288 g/mol. The molecule has 5 heteroatoms. The van der Waals surface area contributed by atoms with Gasteiger partial charge in [-0.25, -0.2) is 4.39 Å². The number of aryl methyl sites for hydroxylation is 1. The molecule has 0 saturated heterocycles. The Hall–Kier alpha value is -2.27. The molecule has 21 heavy (non-hydrogen) atoms. The number of rotatable bonds is 4. The molecule has 110 valence electrons. The minimum atomic E-state index is -0.392. The highest BCUT2D eigenvalue weighted by Crippen LogP contribution is 2.27. The van der Waals surface area contributed by atoms with Gasteiger partial charge in [0.25, 0.3) is 5.69 Å². The highest BCUT2D eigenvalue weighted by molar-refractivity contribution is 5.48. The van der Waals surface area contributed by atoms with E-state index in [9.17, 15) is 14.5 Å². The van der Waals surface area contributed by atoms with Gasteiger partial charge in [0, 0.05) is 17.7 Å². The van der Waals surface area contributed by atoms with Crippen LogP contribution in [0.1, 0.15) is 28.3 Å². The maximum atomic E-state index is 12.9. The molecule has 0 saturated carbocycles. The summed E-state index contributed by atoms with van der Waals surface area (Å²) in [6.07, 6.45) is 0.500. The summed E-state index contributed by atoms with van der Waals surface area (Å²) in [6, 6.07) is 9.13. The molecule has 1 atom stereocenters. The van der Waals surface area contributed by atoms with E-state index in [0.717, 1.165) is 11.1 Å². The van der Waals surface area contributed by atoms with Gasteiger partial charge < -0.3 is 5.73 Å². The molecule has 2 aromatic carbocycles. The van der Waals surface area contributed by atoms with E-state index in [2.05, 4.69) is 0 Å². The number of halogens is 1. The van der Waals surface area contributed by atoms with E-state index in [4.69, 9.17) is 5.73 Å². The second-order valence-corrected chi connectivity index (χ2v) is 5.18. The van der Waals surface area contributed by atoms with Crippen molar-refractivity contribution >= 4 is 5.69 Å². The number of hydrogen-bond acceptors (Lipinski definition) is 3. The molecule has 0 bridgehead atoms. The van der Waals surface area contributed by atoms with Crippen LogP contribution in [0.3, 0.4) is 0 Å². The van der Waals surface area contributed by atoms with Gasteiger partial charge in [0.05, 0.1) is 4.92 Å². The first-order chi connectivity index (χ1) is 9.88. The molecule has 2 rings (SSSR count). The van der Waals surface area contributed by atoms with Gasteiger partial charge >= 0.3 is 0 Å². The summed E-state index contributed by atoms with van der Waals surface area (Å²) in [5.74, 6) is -0.297. The summed E-state index contributed by atoms with van der Waals surface area (Å²) in [5.41, 5.74) is 9.32. The Morgan fingerprint density at radius 3 is 2.43 bits per heavy atom. The molecule has 0 spiro atoms. The minimum Gasteiger partial charge on any atom is -0.324 e. The number of nitro benzene ring substituents is 1. The first-order valence-electron chi connectivity index (χ1n) is 6.64. The quantitative estimate of drug-likeness (QED) is 0.690. The second kappa shape index (κ2) is 6.01. The summed E-state index contributed by atoms with van der Waals surface area (Å²) >= 11 is 0. The molecule has 0 aliphatic carbocycles. The van der Waals surface area contributed by atoms with Crippen LogP contribution in [0.4, 0.5) is 10.1 Å². The van der Waals surface area contributed by atoms with Crippen LogP contribution in [0.2, 0.25) is 0 Å². The highest BCUT2D eigenvalue weighted by atomic mass is 19.1. The Kier molecular flexibility index (Phi) is 4.33. The van der Waals surface area contributed by atoms with Crippen molar-refractivity contribution in [3.63, 3.8) is 0 Å². The van der Waals surface area contributed by atoms with Gasteiger partial charge in [-0.3, -0.25) is 10.1 Å². The lowest BCUT2D eigenvalue weighted by molar-refractivity contribution is -0.385. The Morgan fingerprint density at radius 1 is 1.24 bits per heavy atom. The number of nitrogens with two attached hydrogens (primary N) is 1. The summed E-state index contributed by atoms with van der Waals surface area (Å²) < 4.78 is 12.9. The molecule has 4 nitrogen and oxygen atoms in total. The number of hydrogen-bond donors (Lipinski definition) is 1. The van der Waals surface area contributed by atoms with Crippen molar-refractivity contribution in [2.24, 2.45) is 5.73 Å². The molecule has 0 aliphatic rings. The lowest BCUT2D eigenvalue weighted by Gasteiger charge is -2.14. The molecule has 2 aromatic rings. The molecule has 0 aliphatic heterocycles. The van der Waals surface area contributed by atoms with Gasteiger partial charge in [-0.05, 0) is 49.1 Å². The van der Waals surface area contributed by atoms with Crippen molar-refractivity contribution in [2.45, 2.75) is 26.3 Å². The van der Waals surface area contributed by atoms with Crippen LogP contribution in [0.15, 0.2) is 36.4 Å². The average Bonchev–Trinajstić information content (AvgIpc) is 2.43. The van der Waals surface area contributed by atoms with E-state index < -0.39 is 4.92 Å². The van der Waals surface area contributed by atoms with E-state index >= 15 is 0 Å². The Bertz CT molecular complexity index is 669. The summed E-state index contributed by atoms with van der Waals surface area (Å²) in [7, 11) is 0. The maximum Gasteiger partial charge on any atom is 0.272 e. The zero-order chi connectivity index (χ0) is 15.6. The van der Waals surface area contributed by atoms with Gasteiger partial charge in [0.1, 0.15) is 5.82 Å². The Balaban J connectivity index is 2.28. The molecule has 1 unspecified atom stereocenters. The zero-order valence-corrected chi connectivity index (χ0v) is 12.0. The molecular formula is C16H17FN2O2. The lowest BCUT2D eigenvalue weighted by atomic mass is 9.95. The van der Waals surface area contributed by atoms with Crippen LogP contribution in [0, 0.1) is 29.8 Å². The Labute approximate surface area is 122 Å². The van der Waals surface area contributed by atoms with Crippen LogP contribution in [-0.4, -0.2) is 4.92 Å². The van der Waals surface area contributed by atoms with Gasteiger partial charge in [-0.1, -0.05) is 18.2 Å². The molecule has 2 N–H and O–H groups in total. The molecule has 0 heterocycles. The largest absolute Gasteiger partial charge is 0.324 e. The fourth-order valence-electron chi connectivity index (χ4n) is 2.26. The number of benzene rings is 2.